The first-order valence-corrected chi connectivity index (χ1v) is 9.12. The molecule has 0 bridgehead atoms. The molecule has 2 aliphatic carbocycles. The summed E-state index contributed by atoms with van der Waals surface area (Å²) in [5, 5.41) is 29.2. The van der Waals surface area contributed by atoms with Crippen molar-refractivity contribution in [3.63, 3.8) is 0 Å². The maximum atomic E-state index is 10.3. The van der Waals surface area contributed by atoms with Crippen molar-refractivity contribution in [2.24, 2.45) is 22.7 Å². The van der Waals surface area contributed by atoms with E-state index in [0.717, 1.165) is 44.1 Å². The van der Waals surface area contributed by atoms with Gasteiger partial charge in [-0.1, -0.05) is 31.6 Å². The van der Waals surface area contributed by atoms with Crippen LogP contribution < -0.4 is 0 Å². The molecule has 0 amide bonds. The van der Waals surface area contributed by atoms with Gasteiger partial charge in [-0.15, -0.1) is 0 Å². The summed E-state index contributed by atoms with van der Waals surface area (Å²) in [6.45, 7) is 7.16. The highest BCUT2D eigenvalue weighted by Crippen LogP contribution is 2.61. The quantitative estimate of drug-likeness (QED) is 0.656. The molecule has 1 fully saturated rings. The van der Waals surface area contributed by atoms with Crippen LogP contribution in [-0.4, -0.2) is 35.1 Å². The minimum atomic E-state index is -0.219. The molecule has 2 aliphatic rings. The van der Waals surface area contributed by atoms with Crippen LogP contribution in [0.15, 0.2) is 23.3 Å². The molecule has 2 rings (SSSR count). The Morgan fingerprint density at radius 2 is 2.04 bits per heavy atom. The van der Waals surface area contributed by atoms with Gasteiger partial charge >= 0.3 is 0 Å². The average molecular weight is 322 g/mol. The van der Waals surface area contributed by atoms with Crippen LogP contribution in [0.5, 0.6) is 0 Å². The molecule has 4 unspecified atom stereocenters. The number of rotatable bonds is 6. The zero-order chi connectivity index (χ0) is 17.1. The zero-order valence-corrected chi connectivity index (χ0v) is 15.0. The molecule has 0 heterocycles. The fraction of sp³-hybridized carbons (Fsp3) is 0.800. The fourth-order valence-electron chi connectivity index (χ4n) is 5.23. The third-order valence-corrected chi connectivity index (χ3v) is 7.05. The predicted octanol–water partition coefficient (Wildman–Crippen LogP) is 3.45. The Kier molecular flexibility index (Phi) is 6.10. The van der Waals surface area contributed by atoms with E-state index >= 15 is 0 Å². The Labute approximate surface area is 141 Å². The summed E-state index contributed by atoms with van der Waals surface area (Å²) in [4.78, 5) is 0. The van der Waals surface area contributed by atoms with E-state index in [1.165, 1.54) is 5.57 Å². The van der Waals surface area contributed by atoms with Crippen LogP contribution in [0.25, 0.3) is 0 Å². The highest BCUT2D eigenvalue weighted by atomic mass is 16.3. The third kappa shape index (κ3) is 3.29. The van der Waals surface area contributed by atoms with Gasteiger partial charge in [0.2, 0.25) is 0 Å². The van der Waals surface area contributed by atoms with Crippen LogP contribution >= 0.6 is 0 Å². The second-order valence-corrected chi connectivity index (χ2v) is 8.01. The molecule has 0 saturated heterocycles. The lowest BCUT2D eigenvalue weighted by molar-refractivity contribution is -0.0826. The summed E-state index contributed by atoms with van der Waals surface area (Å²) in [6.07, 6.45) is 10.4. The van der Waals surface area contributed by atoms with Crippen LogP contribution in [-0.2, 0) is 0 Å². The molecular formula is C20H34O3. The van der Waals surface area contributed by atoms with Crippen LogP contribution in [0.2, 0.25) is 0 Å². The van der Waals surface area contributed by atoms with Gasteiger partial charge in [-0.2, -0.15) is 0 Å². The lowest BCUT2D eigenvalue weighted by Crippen LogP contribution is -2.53. The van der Waals surface area contributed by atoms with Crippen LogP contribution in [0.4, 0.5) is 0 Å². The first-order chi connectivity index (χ1) is 10.9. The number of hydrogen-bond donors (Lipinski definition) is 3. The summed E-state index contributed by atoms with van der Waals surface area (Å²) in [7, 11) is 0. The average Bonchev–Trinajstić information content (AvgIpc) is 2.56. The van der Waals surface area contributed by atoms with Crippen molar-refractivity contribution in [2.75, 3.05) is 19.8 Å². The highest BCUT2D eigenvalue weighted by Gasteiger charge is 2.55. The van der Waals surface area contributed by atoms with E-state index in [-0.39, 0.29) is 30.7 Å². The van der Waals surface area contributed by atoms with E-state index < -0.39 is 0 Å². The Morgan fingerprint density at radius 1 is 1.30 bits per heavy atom. The molecule has 3 heteroatoms. The predicted molar refractivity (Wildman–Crippen MR) is 94.0 cm³/mol. The lowest BCUT2D eigenvalue weighted by atomic mass is 9.46. The van der Waals surface area contributed by atoms with E-state index in [1.807, 2.05) is 6.08 Å². The Morgan fingerprint density at radius 3 is 2.65 bits per heavy atom. The van der Waals surface area contributed by atoms with Gasteiger partial charge in [0, 0.05) is 5.41 Å². The topological polar surface area (TPSA) is 60.7 Å². The van der Waals surface area contributed by atoms with Gasteiger partial charge in [-0.05, 0) is 68.3 Å². The van der Waals surface area contributed by atoms with Crippen molar-refractivity contribution in [2.45, 2.75) is 59.3 Å². The van der Waals surface area contributed by atoms with Crippen LogP contribution in [0, 0.1) is 22.7 Å². The molecule has 0 aromatic carbocycles. The molecule has 3 nitrogen and oxygen atoms in total. The molecule has 4 atom stereocenters. The summed E-state index contributed by atoms with van der Waals surface area (Å²) in [5.74, 6) is 1.05. The van der Waals surface area contributed by atoms with Gasteiger partial charge in [0.1, 0.15) is 0 Å². The first-order valence-electron chi connectivity index (χ1n) is 9.12. The maximum absolute atomic E-state index is 10.3. The second kappa shape index (κ2) is 7.50. The monoisotopic (exact) mass is 322 g/mol. The van der Waals surface area contributed by atoms with Crippen LogP contribution in [0.3, 0.4) is 0 Å². The molecule has 0 aromatic rings. The van der Waals surface area contributed by atoms with E-state index in [4.69, 9.17) is 5.11 Å². The lowest BCUT2D eigenvalue weighted by Gasteiger charge is -2.59. The smallest absolute Gasteiger partial charge is 0.0648 e. The standard InChI is InChI=1S/C20H34O3/c1-15(9-12-21)7-10-19(3)16(2)8-11-20(14-23)17(13-22)5-4-6-18(19)20/h5,9,16,18,21-23H,4,6-8,10-14H2,1-3H3. The van der Waals surface area contributed by atoms with Crippen molar-refractivity contribution in [3.05, 3.63) is 23.3 Å². The van der Waals surface area contributed by atoms with E-state index in [9.17, 15) is 10.2 Å². The normalized spacial score (nSPS) is 38.2. The van der Waals surface area contributed by atoms with Crippen molar-refractivity contribution in [1.29, 1.82) is 0 Å². The molecule has 3 N–H and O–H groups in total. The van der Waals surface area contributed by atoms with E-state index in [0.29, 0.717) is 11.8 Å². The number of aliphatic hydroxyl groups is 3. The van der Waals surface area contributed by atoms with Gasteiger partial charge in [-0.25, -0.2) is 0 Å². The van der Waals surface area contributed by atoms with E-state index in [1.54, 1.807) is 0 Å². The third-order valence-electron chi connectivity index (χ3n) is 7.05. The molecule has 0 spiro atoms. The number of aliphatic hydroxyl groups excluding tert-OH is 3. The summed E-state index contributed by atoms with van der Waals surface area (Å²) >= 11 is 0. The Hall–Kier alpha value is -0.640. The van der Waals surface area contributed by atoms with Crippen molar-refractivity contribution in [1.82, 2.24) is 0 Å². The zero-order valence-electron chi connectivity index (χ0n) is 15.0. The number of fused-ring (bicyclic) bond motifs is 1. The molecule has 0 radical (unpaired) electrons. The number of allylic oxidation sites excluding steroid dienone is 2. The van der Waals surface area contributed by atoms with Crippen LogP contribution in [0.1, 0.15) is 59.3 Å². The second-order valence-electron chi connectivity index (χ2n) is 8.01. The molecule has 1 saturated carbocycles. The van der Waals surface area contributed by atoms with Gasteiger partial charge in [0.15, 0.2) is 0 Å². The Balaban J connectivity index is 2.30. The molecule has 23 heavy (non-hydrogen) atoms. The fourth-order valence-corrected chi connectivity index (χ4v) is 5.23. The van der Waals surface area contributed by atoms with Crippen molar-refractivity contribution >= 4 is 0 Å². The summed E-state index contributed by atoms with van der Waals surface area (Å²) < 4.78 is 0. The molecular weight excluding hydrogens is 288 g/mol. The van der Waals surface area contributed by atoms with Gasteiger partial charge in [-0.3, -0.25) is 0 Å². The van der Waals surface area contributed by atoms with Gasteiger partial charge in [0.25, 0.3) is 0 Å². The van der Waals surface area contributed by atoms with Gasteiger partial charge in [0.05, 0.1) is 19.8 Å². The van der Waals surface area contributed by atoms with Crippen molar-refractivity contribution in [3.8, 4) is 0 Å². The van der Waals surface area contributed by atoms with E-state index in [2.05, 4.69) is 26.8 Å². The maximum Gasteiger partial charge on any atom is 0.0648 e. The molecule has 132 valence electrons. The van der Waals surface area contributed by atoms with Gasteiger partial charge < -0.3 is 15.3 Å². The molecule has 0 aromatic heterocycles. The summed E-state index contributed by atoms with van der Waals surface area (Å²) in [5.41, 5.74) is 2.26. The SMILES string of the molecule is CC(=CCO)CCC1(C)C(C)CCC2(CO)C(CO)=CCCC21. The summed E-state index contributed by atoms with van der Waals surface area (Å²) in [6, 6.07) is 0. The largest absolute Gasteiger partial charge is 0.395 e. The minimum Gasteiger partial charge on any atom is -0.395 e. The molecule has 0 aliphatic heterocycles. The minimum absolute atomic E-state index is 0.0744. The highest BCUT2D eigenvalue weighted by molar-refractivity contribution is 5.24. The number of hydrogen-bond acceptors (Lipinski definition) is 3. The van der Waals surface area contributed by atoms with Crippen molar-refractivity contribution < 1.29 is 15.3 Å². The Bertz CT molecular complexity index is 468. The first kappa shape index (κ1) is 18.7.